The van der Waals surface area contributed by atoms with Gasteiger partial charge in [0.1, 0.15) is 19.0 Å². The van der Waals surface area contributed by atoms with Crippen molar-refractivity contribution in [2.24, 2.45) is 0 Å². The minimum Gasteiger partial charge on any atom is -0.490 e. The van der Waals surface area contributed by atoms with Crippen molar-refractivity contribution in [3.63, 3.8) is 0 Å². The number of ether oxygens (including phenoxy) is 3. The standard InChI is InChI=1S/C16H21NO5/c1-4-17-16(19)22-14(11-21-15(18)12(2)3)10-20-13-8-6-5-7-9-13/h5-9,14H,2,4,10-11H2,1,3H3,(H,17,19). The number of para-hydroxylation sites is 1. The molecule has 1 rings (SSSR count). The lowest BCUT2D eigenvalue weighted by Gasteiger charge is -2.18. The average molecular weight is 307 g/mol. The lowest BCUT2D eigenvalue weighted by Crippen LogP contribution is -2.35. The van der Waals surface area contributed by atoms with Crippen molar-refractivity contribution < 1.29 is 23.8 Å². The minimum absolute atomic E-state index is 0.0740. The van der Waals surface area contributed by atoms with Gasteiger partial charge in [-0.1, -0.05) is 24.8 Å². The number of hydrogen-bond acceptors (Lipinski definition) is 5. The fraction of sp³-hybridized carbons (Fsp3) is 0.375. The zero-order chi connectivity index (χ0) is 16.4. The van der Waals surface area contributed by atoms with Crippen LogP contribution in [0.15, 0.2) is 42.5 Å². The molecule has 0 fully saturated rings. The van der Waals surface area contributed by atoms with E-state index >= 15 is 0 Å². The van der Waals surface area contributed by atoms with Crippen LogP contribution in [0.2, 0.25) is 0 Å². The van der Waals surface area contributed by atoms with E-state index in [0.717, 1.165) is 0 Å². The molecule has 1 unspecified atom stereocenters. The van der Waals surface area contributed by atoms with E-state index in [9.17, 15) is 9.59 Å². The van der Waals surface area contributed by atoms with E-state index < -0.39 is 18.2 Å². The fourth-order valence-corrected chi connectivity index (χ4v) is 1.45. The average Bonchev–Trinajstić information content (AvgIpc) is 2.50. The summed E-state index contributed by atoms with van der Waals surface area (Å²) in [5.41, 5.74) is 0.278. The molecule has 1 atom stereocenters. The predicted molar refractivity (Wildman–Crippen MR) is 81.7 cm³/mol. The fourth-order valence-electron chi connectivity index (χ4n) is 1.45. The van der Waals surface area contributed by atoms with Gasteiger partial charge in [0.2, 0.25) is 0 Å². The third kappa shape index (κ3) is 6.78. The number of nitrogens with one attached hydrogen (secondary N) is 1. The number of amides is 1. The molecule has 0 spiro atoms. The van der Waals surface area contributed by atoms with Crippen LogP contribution in [0.1, 0.15) is 13.8 Å². The molecular formula is C16H21NO5. The number of benzene rings is 1. The van der Waals surface area contributed by atoms with E-state index in [0.29, 0.717) is 12.3 Å². The van der Waals surface area contributed by atoms with Crippen LogP contribution in [0.5, 0.6) is 5.75 Å². The maximum atomic E-state index is 11.5. The number of rotatable bonds is 8. The highest BCUT2D eigenvalue weighted by Gasteiger charge is 2.18. The predicted octanol–water partition coefficient (Wildman–Crippen LogP) is 2.30. The molecule has 0 aliphatic heterocycles. The zero-order valence-corrected chi connectivity index (χ0v) is 12.8. The first-order valence-corrected chi connectivity index (χ1v) is 6.98. The molecule has 0 radical (unpaired) electrons. The van der Waals surface area contributed by atoms with Crippen molar-refractivity contribution >= 4 is 12.1 Å². The first-order chi connectivity index (χ1) is 10.5. The summed E-state index contributed by atoms with van der Waals surface area (Å²) >= 11 is 0. The van der Waals surface area contributed by atoms with Gasteiger partial charge in [-0.2, -0.15) is 0 Å². The van der Waals surface area contributed by atoms with Gasteiger partial charge < -0.3 is 19.5 Å². The lowest BCUT2D eigenvalue weighted by atomic mass is 10.3. The van der Waals surface area contributed by atoms with Crippen molar-refractivity contribution in [1.82, 2.24) is 5.32 Å². The van der Waals surface area contributed by atoms with Crippen LogP contribution in [0.3, 0.4) is 0 Å². The Morgan fingerprint density at radius 2 is 1.91 bits per heavy atom. The van der Waals surface area contributed by atoms with E-state index in [4.69, 9.17) is 14.2 Å². The van der Waals surface area contributed by atoms with Gasteiger partial charge >= 0.3 is 12.1 Å². The highest BCUT2D eigenvalue weighted by Crippen LogP contribution is 2.10. The van der Waals surface area contributed by atoms with Crippen molar-refractivity contribution in [1.29, 1.82) is 0 Å². The maximum Gasteiger partial charge on any atom is 0.407 e. The summed E-state index contributed by atoms with van der Waals surface area (Å²) in [4.78, 5) is 22.9. The van der Waals surface area contributed by atoms with Gasteiger partial charge in [-0.3, -0.25) is 0 Å². The van der Waals surface area contributed by atoms with E-state index in [-0.39, 0.29) is 18.8 Å². The van der Waals surface area contributed by atoms with Crippen LogP contribution in [0.25, 0.3) is 0 Å². The molecule has 1 aromatic rings. The van der Waals surface area contributed by atoms with Crippen molar-refractivity contribution in [2.45, 2.75) is 20.0 Å². The number of carbonyl (C=O) groups is 2. The van der Waals surface area contributed by atoms with E-state index in [2.05, 4.69) is 11.9 Å². The molecule has 0 heterocycles. The molecule has 120 valence electrons. The highest BCUT2D eigenvalue weighted by molar-refractivity contribution is 5.86. The highest BCUT2D eigenvalue weighted by atomic mass is 16.6. The van der Waals surface area contributed by atoms with Crippen LogP contribution < -0.4 is 10.1 Å². The molecule has 0 aliphatic rings. The van der Waals surface area contributed by atoms with Crippen LogP contribution in [0.4, 0.5) is 4.79 Å². The Labute approximate surface area is 130 Å². The molecule has 22 heavy (non-hydrogen) atoms. The molecule has 6 heteroatoms. The van der Waals surface area contributed by atoms with Gasteiger partial charge in [-0.25, -0.2) is 9.59 Å². The van der Waals surface area contributed by atoms with Crippen LogP contribution in [-0.2, 0) is 14.3 Å². The SMILES string of the molecule is C=C(C)C(=O)OCC(COc1ccccc1)OC(=O)NCC. The van der Waals surface area contributed by atoms with E-state index in [1.165, 1.54) is 0 Å². The second-order valence-corrected chi connectivity index (χ2v) is 4.56. The Morgan fingerprint density at radius 1 is 1.23 bits per heavy atom. The maximum absolute atomic E-state index is 11.5. The topological polar surface area (TPSA) is 73.9 Å². The summed E-state index contributed by atoms with van der Waals surface area (Å²) in [6.07, 6.45) is -1.30. The Morgan fingerprint density at radius 3 is 2.50 bits per heavy atom. The number of hydrogen-bond donors (Lipinski definition) is 1. The molecule has 0 bridgehead atoms. The molecule has 0 aromatic heterocycles. The Hall–Kier alpha value is -2.50. The number of esters is 1. The van der Waals surface area contributed by atoms with Gasteiger partial charge in [0, 0.05) is 12.1 Å². The summed E-state index contributed by atoms with van der Waals surface area (Å²) < 4.78 is 15.7. The van der Waals surface area contributed by atoms with Gasteiger partial charge in [0.05, 0.1) is 0 Å². The Bertz CT molecular complexity index is 501. The third-order valence-electron chi connectivity index (χ3n) is 2.52. The molecular weight excluding hydrogens is 286 g/mol. The Balaban J connectivity index is 2.54. The summed E-state index contributed by atoms with van der Waals surface area (Å²) in [7, 11) is 0. The molecule has 1 N–H and O–H groups in total. The molecule has 6 nitrogen and oxygen atoms in total. The molecule has 0 saturated heterocycles. The molecule has 0 saturated carbocycles. The Kier molecular flexibility index (Phi) is 7.53. The van der Waals surface area contributed by atoms with E-state index in [1.807, 2.05) is 18.2 Å². The molecule has 0 aliphatic carbocycles. The van der Waals surface area contributed by atoms with Crippen molar-refractivity contribution in [2.75, 3.05) is 19.8 Å². The summed E-state index contributed by atoms with van der Waals surface area (Å²) in [5, 5.41) is 2.51. The summed E-state index contributed by atoms with van der Waals surface area (Å²) in [6, 6.07) is 9.09. The summed E-state index contributed by atoms with van der Waals surface area (Å²) in [5.74, 6) is 0.0995. The number of carbonyl (C=O) groups excluding carboxylic acids is 2. The van der Waals surface area contributed by atoms with E-state index in [1.54, 1.807) is 26.0 Å². The first-order valence-electron chi connectivity index (χ1n) is 6.98. The monoisotopic (exact) mass is 307 g/mol. The van der Waals surface area contributed by atoms with Crippen molar-refractivity contribution in [3.8, 4) is 5.75 Å². The van der Waals surface area contributed by atoms with Gasteiger partial charge in [0.15, 0.2) is 6.10 Å². The van der Waals surface area contributed by atoms with Crippen molar-refractivity contribution in [3.05, 3.63) is 42.5 Å². The summed E-state index contributed by atoms with van der Waals surface area (Å²) in [6.45, 7) is 7.22. The van der Waals surface area contributed by atoms with Gasteiger partial charge in [-0.05, 0) is 26.0 Å². The van der Waals surface area contributed by atoms with Gasteiger partial charge in [0.25, 0.3) is 0 Å². The van der Waals surface area contributed by atoms with Crippen LogP contribution in [-0.4, -0.2) is 37.9 Å². The second kappa shape index (κ2) is 9.44. The quantitative estimate of drug-likeness (QED) is 0.589. The lowest BCUT2D eigenvalue weighted by molar-refractivity contribution is -0.142. The zero-order valence-electron chi connectivity index (χ0n) is 12.8. The first kappa shape index (κ1) is 17.6. The number of alkyl carbamates (subject to hydrolysis) is 1. The normalized spacial score (nSPS) is 11.2. The molecule has 1 amide bonds. The largest absolute Gasteiger partial charge is 0.490 e. The van der Waals surface area contributed by atoms with Crippen LogP contribution >= 0.6 is 0 Å². The smallest absolute Gasteiger partial charge is 0.407 e. The third-order valence-corrected chi connectivity index (χ3v) is 2.52. The molecule has 1 aromatic carbocycles. The second-order valence-electron chi connectivity index (χ2n) is 4.56. The minimum atomic E-state index is -0.713. The van der Waals surface area contributed by atoms with Gasteiger partial charge in [-0.15, -0.1) is 0 Å². The van der Waals surface area contributed by atoms with Crippen LogP contribution in [0, 0.1) is 0 Å².